The van der Waals surface area contributed by atoms with Crippen LogP contribution in [0.5, 0.6) is 0 Å². The van der Waals surface area contributed by atoms with Crippen molar-refractivity contribution in [2.45, 2.75) is 25.3 Å². The van der Waals surface area contributed by atoms with Gasteiger partial charge in [-0.15, -0.1) is 0 Å². The van der Waals surface area contributed by atoms with Gasteiger partial charge in [0.2, 0.25) is 0 Å². The van der Waals surface area contributed by atoms with Gasteiger partial charge in [-0.3, -0.25) is 9.59 Å². The molecule has 2 unspecified atom stereocenters. The number of nitrogens with one attached hydrogen (secondary N) is 1. The Morgan fingerprint density at radius 2 is 2.11 bits per heavy atom. The molecule has 0 radical (unpaired) electrons. The molecule has 102 valence electrons. The maximum Gasteiger partial charge on any atom is 0.306 e. The number of carbonyl (C=O) groups is 2. The zero-order chi connectivity index (χ0) is 14.0. The van der Waals surface area contributed by atoms with Crippen molar-refractivity contribution in [2.24, 2.45) is 5.92 Å². The molecule has 0 saturated heterocycles. The van der Waals surface area contributed by atoms with Crippen LogP contribution in [0.25, 0.3) is 0 Å². The zero-order valence-electron chi connectivity index (χ0n) is 10.0. The second-order valence-electron chi connectivity index (χ2n) is 4.64. The molecule has 1 aromatic rings. The van der Waals surface area contributed by atoms with Crippen LogP contribution in [-0.4, -0.2) is 23.0 Å². The van der Waals surface area contributed by atoms with Crippen molar-refractivity contribution < 1.29 is 19.1 Å². The largest absolute Gasteiger partial charge is 0.481 e. The number of aliphatic carboxylic acids is 1. The molecule has 1 saturated carbocycles. The highest BCUT2D eigenvalue weighted by Crippen LogP contribution is 2.26. The van der Waals surface area contributed by atoms with Crippen molar-refractivity contribution in [1.82, 2.24) is 5.32 Å². The molecule has 4 nitrogen and oxygen atoms in total. The van der Waals surface area contributed by atoms with Gasteiger partial charge >= 0.3 is 5.97 Å². The molecule has 0 aliphatic heterocycles. The molecule has 1 fully saturated rings. The summed E-state index contributed by atoms with van der Waals surface area (Å²) in [4.78, 5) is 22.9. The minimum absolute atomic E-state index is 0.116. The first-order chi connectivity index (χ1) is 8.97. The fourth-order valence-corrected chi connectivity index (χ4v) is 3.00. The van der Waals surface area contributed by atoms with Crippen LogP contribution >= 0.6 is 22.6 Å². The van der Waals surface area contributed by atoms with E-state index in [1.165, 1.54) is 18.2 Å². The minimum atomic E-state index is -0.812. The van der Waals surface area contributed by atoms with Gasteiger partial charge in [-0.2, -0.15) is 0 Å². The van der Waals surface area contributed by atoms with Crippen LogP contribution in [0.1, 0.15) is 29.6 Å². The average molecular weight is 377 g/mol. The van der Waals surface area contributed by atoms with Crippen LogP contribution in [0.15, 0.2) is 18.2 Å². The fraction of sp³-hybridized carbons (Fsp3) is 0.385. The lowest BCUT2D eigenvalue weighted by atomic mass is 10.1. The third-order valence-corrected chi connectivity index (χ3v) is 4.19. The van der Waals surface area contributed by atoms with Crippen molar-refractivity contribution >= 4 is 34.5 Å². The number of benzene rings is 1. The van der Waals surface area contributed by atoms with E-state index >= 15 is 0 Å². The first kappa shape index (κ1) is 14.2. The Bertz CT molecular complexity index is 521. The quantitative estimate of drug-likeness (QED) is 0.796. The van der Waals surface area contributed by atoms with Crippen LogP contribution in [0.3, 0.4) is 0 Å². The maximum atomic E-state index is 13.0. The van der Waals surface area contributed by atoms with Gasteiger partial charge in [-0.25, -0.2) is 4.39 Å². The van der Waals surface area contributed by atoms with E-state index in [1.54, 1.807) is 0 Å². The summed E-state index contributed by atoms with van der Waals surface area (Å²) in [7, 11) is 0. The molecule has 1 amide bonds. The number of hydrogen-bond donors (Lipinski definition) is 2. The number of carbonyl (C=O) groups excluding carboxylic acids is 1. The molecule has 0 spiro atoms. The Labute approximate surface area is 123 Å². The molecule has 19 heavy (non-hydrogen) atoms. The highest BCUT2D eigenvalue weighted by Gasteiger charge is 2.30. The minimum Gasteiger partial charge on any atom is -0.481 e. The third-order valence-electron chi connectivity index (χ3n) is 3.29. The Morgan fingerprint density at radius 1 is 1.37 bits per heavy atom. The van der Waals surface area contributed by atoms with Gasteiger partial charge in [0.1, 0.15) is 5.82 Å². The molecule has 1 aliphatic carbocycles. The van der Waals surface area contributed by atoms with Crippen molar-refractivity contribution in [1.29, 1.82) is 0 Å². The van der Waals surface area contributed by atoms with Gasteiger partial charge in [-0.05, 0) is 60.1 Å². The van der Waals surface area contributed by atoms with Gasteiger partial charge in [0.15, 0.2) is 0 Å². The van der Waals surface area contributed by atoms with E-state index in [9.17, 15) is 14.0 Å². The number of halogens is 2. The molecule has 2 N–H and O–H groups in total. The molecular weight excluding hydrogens is 364 g/mol. The van der Waals surface area contributed by atoms with E-state index < -0.39 is 5.97 Å². The van der Waals surface area contributed by atoms with E-state index in [0.717, 1.165) is 0 Å². The lowest BCUT2D eigenvalue weighted by Crippen LogP contribution is -2.33. The van der Waals surface area contributed by atoms with Crippen molar-refractivity contribution in [2.75, 3.05) is 0 Å². The second-order valence-corrected chi connectivity index (χ2v) is 5.80. The van der Waals surface area contributed by atoms with E-state index in [4.69, 9.17) is 5.11 Å². The predicted molar refractivity (Wildman–Crippen MR) is 75.3 cm³/mol. The second kappa shape index (κ2) is 5.85. The van der Waals surface area contributed by atoms with Crippen molar-refractivity contribution in [3.63, 3.8) is 0 Å². The van der Waals surface area contributed by atoms with Crippen molar-refractivity contribution in [3.8, 4) is 0 Å². The number of hydrogen-bond acceptors (Lipinski definition) is 2. The van der Waals surface area contributed by atoms with Crippen LogP contribution in [0, 0.1) is 15.3 Å². The molecule has 6 heteroatoms. The normalized spacial score (nSPS) is 22.2. The van der Waals surface area contributed by atoms with Gasteiger partial charge in [-0.1, -0.05) is 0 Å². The third kappa shape index (κ3) is 3.43. The maximum absolute atomic E-state index is 13.0. The summed E-state index contributed by atoms with van der Waals surface area (Å²) in [5.74, 6) is -1.85. The summed E-state index contributed by atoms with van der Waals surface area (Å²) in [5, 5.41) is 11.7. The van der Waals surface area contributed by atoms with E-state index in [2.05, 4.69) is 5.32 Å². The number of carboxylic acids is 1. The van der Waals surface area contributed by atoms with E-state index in [1.807, 2.05) is 22.6 Å². The molecule has 0 bridgehead atoms. The Hall–Kier alpha value is -1.18. The SMILES string of the molecule is O=C(NC1CCC(C(=O)O)C1)c1ccc(F)cc1I. The van der Waals surface area contributed by atoms with Gasteiger partial charge in [0.25, 0.3) is 5.91 Å². The molecule has 2 rings (SSSR count). The Kier molecular flexibility index (Phi) is 4.38. The standard InChI is InChI=1S/C13H13FINO3/c14-8-2-4-10(11(15)6-8)12(17)16-9-3-1-7(5-9)13(18)19/h2,4,6-7,9H,1,3,5H2,(H,16,17)(H,18,19). The summed E-state index contributed by atoms with van der Waals surface area (Å²) in [6.45, 7) is 0. The van der Waals surface area contributed by atoms with Crippen LogP contribution in [0.4, 0.5) is 4.39 Å². The zero-order valence-corrected chi connectivity index (χ0v) is 12.2. The molecular formula is C13H13FINO3. The highest BCUT2D eigenvalue weighted by molar-refractivity contribution is 14.1. The van der Waals surface area contributed by atoms with Gasteiger partial charge in [0, 0.05) is 9.61 Å². The average Bonchev–Trinajstić information content (AvgIpc) is 2.77. The fourth-order valence-electron chi connectivity index (χ4n) is 2.27. The first-order valence-corrected chi connectivity index (χ1v) is 7.04. The smallest absolute Gasteiger partial charge is 0.306 e. The van der Waals surface area contributed by atoms with E-state index in [0.29, 0.717) is 28.4 Å². The molecule has 2 atom stereocenters. The van der Waals surface area contributed by atoms with Gasteiger partial charge < -0.3 is 10.4 Å². The lowest BCUT2D eigenvalue weighted by molar-refractivity contribution is -0.141. The van der Waals surface area contributed by atoms with Crippen LogP contribution in [-0.2, 0) is 4.79 Å². The van der Waals surface area contributed by atoms with Gasteiger partial charge in [0.05, 0.1) is 11.5 Å². The molecule has 1 aromatic carbocycles. The van der Waals surface area contributed by atoms with E-state index in [-0.39, 0.29) is 23.7 Å². The first-order valence-electron chi connectivity index (χ1n) is 5.96. The topological polar surface area (TPSA) is 66.4 Å². The molecule has 0 aromatic heterocycles. The number of carboxylic acid groups (broad SMARTS) is 1. The Morgan fingerprint density at radius 3 is 2.68 bits per heavy atom. The molecule has 1 aliphatic rings. The predicted octanol–water partition coefficient (Wildman–Crippen LogP) is 2.41. The highest BCUT2D eigenvalue weighted by atomic mass is 127. The molecule has 0 heterocycles. The summed E-state index contributed by atoms with van der Waals surface area (Å²) < 4.78 is 13.5. The Balaban J connectivity index is 2.00. The number of rotatable bonds is 3. The summed E-state index contributed by atoms with van der Waals surface area (Å²) in [6, 6.07) is 3.86. The number of amides is 1. The summed E-state index contributed by atoms with van der Waals surface area (Å²) in [5.41, 5.74) is 0.417. The summed E-state index contributed by atoms with van der Waals surface area (Å²) in [6.07, 6.45) is 1.71. The monoisotopic (exact) mass is 377 g/mol. The van der Waals surface area contributed by atoms with Crippen LogP contribution < -0.4 is 5.32 Å². The summed E-state index contributed by atoms with van der Waals surface area (Å²) >= 11 is 1.91. The van der Waals surface area contributed by atoms with Crippen molar-refractivity contribution in [3.05, 3.63) is 33.1 Å². The van der Waals surface area contributed by atoms with Crippen LogP contribution in [0.2, 0.25) is 0 Å². The lowest BCUT2D eigenvalue weighted by Gasteiger charge is -2.13.